The van der Waals surface area contributed by atoms with Crippen LogP contribution in [0.25, 0.3) is 0 Å². The van der Waals surface area contributed by atoms with Gasteiger partial charge in [0.05, 0.1) is 5.69 Å². The van der Waals surface area contributed by atoms with Gasteiger partial charge in [-0.15, -0.1) is 0 Å². The molecular formula is C17H20ClN3O3S. The summed E-state index contributed by atoms with van der Waals surface area (Å²) in [5, 5.41) is 3.45. The van der Waals surface area contributed by atoms with Gasteiger partial charge >= 0.3 is 10.2 Å². The molecule has 0 heterocycles. The molecule has 25 heavy (non-hydrogen) atoms. The van der Waals surface area contributed by atoms with E-state index in [2.05, 4.69) is 5.32 Å². The fraction of sp³-hybridized carbons (Fsp3) is 0.235. The molecule has 2 aromatic carbocycles. The van der Waals surface area contributed by atoms with Gasteiger partial charge in [-0.05, 0) is 42.0 Å². The molecule has 0 saturated carbocycles. The average Bonchev–Trinajstić information content (AvgIpc) is 2.60. The minimum Gasteiger partial charge on any atom is -0.348 e. The maximum absolute atomic E-state index is 12.2. The zero-order valence-electron chi connectivity index (χ0n) is 14.2. The molecule has 134 valence electrons. The van der Waals surface area contributed by atoms with E-state index in [9.17, 15) is 13.2 Å². The third-order valence-electron chi connectivity index (χ3n) is 3.67. The maximum atomic E-state index is 12.2. The standard InChI is InChI=1S/C17H20ClN3O3S/c1-20(2)25(23,24)21(3)16-10-6-14(7-11-16)17(22)19-12-13-4-8-15(18)9-5-13/h4-11H,12H2,1-3H3,(H,19,22). The van der Waals surface area contributed by atoms with E-state index < -0.39 is 10.2 Å². The van der Waals surface area contributed by atoms with Crippen LogP contribution in [0.3, 0.4) is 0 Å². The zero-order valence-corrected chi connectivity index (χ0v) is 15.8. The molecule has 0 aromatic heterocycles. The fourth-order valence-electron chi connectivity index (χ4n) is 2.09. The molecule has 0 saturated heterocycles. The lowest BCUT2D eigenvalue weighted by atomic mass is 10.2. The van der Waals surface area contributed by atoms with E-state index in [0.717, 1.165) is 14.2 Å². The van der Waals surface area contributed by atoms with Crippen molar-refractivity contribution in [3.05, 3.63) is 64.7 Å². The quantitative estimate of drug-likeness (QED) is 0.835. The van der Waals surface area contributed by atoms with Gasteiger partial charge in [0.2, 0.25) is 0 Å². The Kier molecular flexibility index (Phi) is 6.05. The van der Waals surface area contributed by atoms with Gasteiger partial charge in [-0.3, -0.25) is 9.10 Å². The summed E-state index contributed by atoms with van der Waals surface area (Å²) in [6, 6.07) is 13.6. The van der Waals surface area contributed by atoms with Crippen LogP contribution < -0.4 is 9.62 Å². The molecule has 0 fully saturated rings. The molecule has 1 amide bonds. The fourth-order valence-corrected chi connectivity index (χ4v) is 3.09. The van der Waals surface area contributed by atoms with Gasteiger partial charge in [-0.25, -0.2) is 0 Å². The highest BCUT2D eigenvalue weighted by Gasteiger charge is 2.21. The Morgan fingerprint density at radius 1 is 1.00 bits per heavy atom. The van der Waals surface area contributed by atoms with E-state index in [0.29, 0.717) is 22.8 Å². The molecule has 0 aliphatic carbocycles. The van der Waals surface area contributed by atoms with E-state index in [1.807, 2.05) is 12.1 Å². The summed E-state index contributed by atoms with van der Waals surface area (Å²) in [5.74, 6) is -0.236. The van der Waals surface area contributed by atoms with E-state index in [4.69, 9.17) is 11.6 Å². The first-order valence-electron chi connectivity index (χ1n) is 7.51. The summed E-state index contributed by atoms with van der Waals surface area (Å²) in [6.45, 7) is 0.382. The van der Waals surface area contributed by atoms with E-state index in [1.54, 1.807) is 36.4 Å². The van der Waals surface area contributed by atoms with Gasteiger partial charge in [0.25, 0.3) is 5.91 Å². The lowest BCUT2D eigenvalue weighted by Gasteiger charge is -2.23. The molecule has 0 bridgehead atoms. The van der Waals surface area contributed by atoms with Crippen molar-refractivity contribution in [3.8, 4) is 0 Å². The number of carbonyl (C=O) groups excluding carboxylic acids is 1. The number of anilines is 1. The summed E-state index contributed by atoms with van der Waals surface area (Å²) in [6.07, 6.45) is 0. The minimum atomic E-state index is -3.56. The van der Waals surface area contributed by atoms with Crippen molar-refractivity contribution in [1.82, 2.24) is 9.62 Å². The Morgan fingerprint density at radius 2 is 1.56 bits per heavy atom. The van der Waals surface area contributed by atoms with Crippen LogP contribution in [0.2, 0.25) is 5.02 Å². The Bertz CT molecular complexity index is 834. The van der Waals surface area contributed by atoms with Crippen LogP contribution in [0.15, 0.2) is 48.5 Å². The highest BCUT2D eigenvalue weighted by Crippen LogP contribution is 2.18. The van der Waals surface area contributed by atoms with E-state index in [-0.39, 0.29) is 5.91 Å². The number of halogens is 1. The van der Waals surface area contributed by atoms with Gasteiger partial charge < -0.3 is 5.32 Å². The topological polar surface area (TPSA) is 69.7 Å². The molecule has 8 heteroatoms. The van der Waals surface area contributed by atoms with Crippen LogP contribution >= 0.6 is 11.6 Å². The third-order valence-corrected chi connectivity index (χ3v) is 5.74. The number of nitrogens with one attached hydrogen (secondary N) is 1. The number of amides is 1. The molecule has 6 nitrogen and oxygen atoms in total. The number of hydrogen-bond acceptors (Lipinski definition) is 3. The van der Waals surface area contributed by atoms with Crippen LogP contribution in [0.5, 0.6) is 0 Å². The number of nitrogens with zero attached hydrogens (tertiary/aromatic N) is 2. The smallest absolute Gasteiger partial charge is 0.303 e. The normalized spacial score (nSPS) is 11.4. The lowest BCUT2D eigenvalue weighted by Crippen LogP contribution is -2.37. The van der Waals surface area contributed by atoms with Crippen molar-refractivity contribution in [2.45, 2.75) is 6.54 Å². The third kappa shape index (κ3) is 4.72. The van der Waals surface area contributed by atoms with Crippen molar-refractivity contribution in [2.75, 3.05) is 25.4 Å². The number of hydrogen-bond donors (Lipinski definition) is 1. The first-order chi connectivity index (χ1) is 11.7. The predicted octanol–water partition coefficient (Wildman–Crippen LogP) is 2.51. The molecule has 0 radical (unpaired) electrons. The second kappa shape index (κ2) is 7.86. The molecule has 0 unspecified atom stereocenters. The molecule has 0 atom stereocenters. The first kappa shape index (κ1) is 19.2. The monoisotopic (exact) mass is 381 g/mol. The van der Waals surface area contributed by atoms with Gasteiger partial charge in [0.15, 0.2) is 0 Å². The van der Waals surface area contributed by atoms with Crippen LogP contribution in [0.4, 0.5) is 5.69 Å². The Morgan fingerprint density at radius 3 is 2.08 bits per heavy atom. The minimum absolute atomic E-state index is 0.236. The van der Waals surface area contributed by atoms with Crippen LogP contribution in [-0.2, 0) is 16.8 Å². The highest BCUT2D eigenvalue weighted by molar-refractivity contribution is 7.90. The SMILES string of the molecule is CN(C)S(=O)(=O)N(C)c1ccc(C(=O)NCc2ccc(Cl)cc2)cc1. The second-order valence-electron chi connectivity index (χ2n) is 5.61. The molecule has 0 aliphatic rings. The molecule has 1 N–H and O–H groups in total. The van der Waals surface area contributed by atoms with E-state index >= 15 is 0 Å². The largest absolute Gasteiger partial charge is 0.348 e. The van der Waals surface area contributed by atoms with E-state index in [1.165, 1.54) is 21.1 Å². The van der Waals surface area contributed by atoms with Crippen LogP contribution in [0, 0.1) is 0 Å². The van der Waals surface area contributed by atoms with Crippen LogP contribution in [-0.4, -0.2) is 39.8 Å². The van der Waals surface area contributed by atoms with Gasteiger partial charge in [0.1, 0.15) is 0 Å². The van der Waals surface area contributed by atoms with Crippen molar-refractivity contribution >= 4 is 33.4 Å². The summed E-state index contributed by atoms with van der Waals surface area (Å²) in [5.41, 5.74) is 1.86. The van der Waals surface area contributed by atoms with Gasteiger partial charge in [0, 0.05) is 38.3 Å². The zero-order chi connectivity index (χ0) is 18.6. The second-order valence-corrected chi connectivity index (χ2v) is 8.22. The summed E-state index contributed by atoms with van der Waals surface area (Å²) in [7, 11) is 0.831. The molecular weight excluding hydrogens is 362 g/mol. The summed E-state index contributed by atoms with van der Waals surface area (Å²) >= 11 is 5.82. The highest BCUT2D eigenvalue weighted by atomic mass is 35.5. The number of benzene rings is 2. The lowest BCUT2D eigenvalue weighted by molar-refractivity contribution is 0.0951. The first-order valence-corrected chi connectivity index (χ1v) is 9.28. The van der Waals surface area contributed by atoms with Crippen molar-refractivity contribution in [2.24, 2.45) is 0 Å². The molecule has 0 spiro atoms. The van der Waals surface area contributed by atoms with Crippen molar-refractivity contribution in [1.29, 1.82) is 0 Å². The summed E-state index contributed by atoms with van der Waals surface area (Å²) < 4.78 is 26.5. The van der Waals surface area contributed by atoms with Gasteiger partial charge in [-0.1, -0.05) is 23.7 Å². The number of carbonyl (C=O) groups is 1. The Balaban J connectivity index is 2.04. The number of rotatable bonds is 6. The molecule has 0 aliphatic heterocycles. The molecule has 2 aromatic rings. The van der Waals surface area contributed by atoms with Crippen molar-refractivity contribution in [3.63, 3.8) is 0 Å². The predicted molar refractivity (Wildman–Crippen MR) is 100 cm³/mol. The Labute approximate surface area is 153 Å². The van der Waals surface area contributed by atoms with Crippen LogP contribution in [0.1, 0.15) is 15.9 Å². The average molecular weight is 382 g/mol. The van der Waals surface area contributed by atoms with Crippen molar-refractivity contribution < 1.29 is 13.2 Å². The summed E-state index contributed by atoms with van der Waals surface area (Å²) in [4.78, 5) is 12.2. The Hall–Kier alpha value is -2.09. The maximum Gasteiger partial charge on any atom is 0.303 e. The van der Waals surface area contributed by atoms with Gasteiger partial charge in [-0.2, -0.15) is 12.7 Å². The molecule has 2 rings (SSSR count).